The Balaban J connectivity index is 1.49. The molecular formula is C17H19N3O4. The maximum atomic E-state index is 12.2. The molecule has 0 unspecified atom stereocenters. The van der Waals surface area contributed by atoms with E-state index in [1.807, 2.05) is 24.3 Å². The first-order valence-electron chi connectivity index (χ1n) is 7.70. The van der Waals surface area contributed by atoms with Gasteiger partial charge in [0.05, 0.1) is 13.0 Å². The molecule has 0 spiro atoms. The number of ether oxygens (including phenoxy) is 1. The summed E-state index contributed by atoms with van der Waals surface area (Å²) in [5.74, 6) is 0.855. The van der Waals surface area contributed by atoms with E-state index in [2.05, 4.69) is 10.5 Å². The fourth-order valence-electron chi connectivity index (χ4n) is 2.62. The minimum absolute atomic E-state index is 0.0683. The van der Waals surface area contributed by atoms with Crippen molar-refractivity contribution in [1.82, 2.24) is 15.4 Å². The lowest BCUT2D eigenvalue weighted by Gasteiger charge is -2.37. The third-order valence-corrected chi connectivity index (χ3v) is 4.03. The second kappa shape index (κ2) is 6.74. The summed E-state index contributed by atoms with van der Waals surface area (Å²) < 4.78 is 10.2. The van der Waals surface area contributed by atoms with Gasteiger partial charge in [-0.25, -0.2) is 0 Å². The Morgan fingerprint density at radius 2 is 2.12 bits per heavy atom. The van der Waals surface area contributed by atoms with E-state index in [4.69, 9.17) is 9.26 Å². The molecule has 7 heteroatoms. The molecule has 1 fully saturated rings. The number of para-hydroxylation sites is 1. The number of likely N-dealkylation sites (tertiary alicyclic amines) is 1. The second-order valence-corrected chi connectivity index (χ2v) is 5.76. The fraction of sp³-hybridized carbons (Fsp3) is 0.353. The standard InChI is InChI=1S/C17H19N3O4/c1-11-7-14(19-24-11)17(22)20-9-13(10-20)16(21)18-8-12-5-3-4-6-15(12)23-2/h3-7,13H,8-10H2,1-2H3,(H,18,21). The number of methoxy groups -OCH3 is 1. The topological polar surface area (TPSA) is 84.7 Å². The van der Waals surface area contributed by atoms with Crippen LogP contribution < -0.4 is 10.1 Å². The van der Waals surface area contributed by atoms with Crippen LogP contribution in [0, 0.1) is 12.8 Å². The van der Waals surface area contributed by atoms with E-state index in [0.717, 1.165) is 11.3 Å². The Morgan fingerprint density at radius 3 is 2.79 bits per heavy atom. The molecule has 1 aliphatic heterocycles. The van der Waals surface area contributed by atoms with E-state index >= 15 is 0 Å². The molecule has 126 valence electrons. The van der Waals surface area contributed by atoms with E-state index in [-0.39, 0.29) is 23.4 Å². The van der Waals surface area contributed by atoms with Crippen LogP contribution in [0.4, 0.5) is 0 Å². The van der Waals surface area contributed by atoms with Crippen molar-refractivity contribution >= 4 is 11.8 Å². The van der Waals surface area contributed by atoms with Crippen molar-refractivity contribution in [3.8, 4) is 5.75 Å². The van der Waals surface area contributed by atoms with Gasteiger partial charge in [0.25, 0.3) is 5.91 Å². The predicted molar refractivity (Wildman–Crippen MR) is 85.5 cm³/mol. The fourth-order valence-corrected chi connectivity index (χ4v) is 2.62. The highest BCUT2D eigenvalue weighted by Gasteiger charge is 2.36. The average molecular weight is 329 g/mol. The molecule has 24 heavy (non-hydrogen) atoms. The van der Waals surface area contributed by atoms with E-state index in [9.17, 15) is 9.59 Å². The molecule has 0 bridgehead atoms. The Bertz CT molecular complexity index is 750. The summed E-state index contributed by atoms with van der Waals surface area (Å²) in [6.07, 6.45) is 0. The quantitative estimate of drug-likeness (QED) is 0.896. The average Bonchev–Trinajstić information content (AvgIpc) is 2.98. The third kappa shape index (κ3) is 3.24. The highest BCUT2D eigenvalue weighted by Crippen LogP contribution is 2.20. The molecule has 7 nitrogen and oxygen atoms in total. The number of nitrogens with one attached hydrogen (secondary N) is 1. The molecule has 0 aliphatic carbocycles. The molecule has 2 heterocycles. The molecule has 0 atom stereocenters. The first kappa shape index (κ1) is 16.0. The molecule has 0 radical (unpaired) electrons. The van der Waals surface area contributed by atoms with Crippen LogP contribution in [0.25, 0.3) is 0 Å². The number of hydrogen-bond donors (Lipinski definition) is 1. The molecule has 3 rings (SSSR count). The highest BCUT2D eigenvalue weighted by atomic mass is 16.5. The number of carbonyl (C=O) groups is 2. The van der Waals surface area contributed by atoms with Crippen LogP contribution in [0.5, 0.6) is 5.75 Å². The first-order chi connectivity index (χ1) is 11.6. The van der Waals surface area contributed by atoms with Gasteiger partial charge in [-0.1, -0.05) is 23.4 Å². The predicted octanol–water partition coefficient (Wildman–Crippen LogP) is 1.38. The first-order valence-corrected chi connectivity index (χ1v) is 7.70. The molecule has 0 saturated carbocycles. The minimum atomic E-state index is -0.208. The molecule has 2 aromatic rings. The van der Waals surface area contributed by atoms with Gasteiger partial charge in [-0.15, -0.1) is 0 Å². The van der Waals surface area contributed by atoms with Gasteiger partial charge in [0.15, 0.2) is 5.69 Å². The van der Waals surface area contributed by atoms with Crippen molar-refractivity contribution in [2.24, 2.45) is 5.92 Å². The van der Waals surface area contributed by atoms with Crippen molar-refractivity contribution in [1.29, 1.82) is 0 Å². The molecular weight excluding hydrogens is 310 g/mol. The number of aryl methyl sites for hydroxylation is 1. The van der Waals surface area contributed by atoms with Gasteiger partial charge in [0, 0.05) is 31.3 Å². The van der Waals surface area contributed by atoms with Crippen LogP contribution in [0.3, 0.4) is 0 Å². The van der Waals surface area contributed by atoms with Gasteiger partial charge >= 0.3 is 0 Å². The summed E-state index contributed by atoms with van der Waals surface area (Å²) in [6, 6.07) is 9.13. The van der Waals surface area contributed by atoms with Crippen molar-refractivity contribution in [2.75, 3.05) is 20.2 Å². The lowest BCUT2D eigenvalue weighted by Crippen LogP contribution is -2.55. The Kier molecular flexibility index (Phi) is 4.50. The van der Waals surface area contributed by atoms with E-state index in [1.165, 1.54) is 0 Å². The number of hydrogen-bond acceptors (Lipinski definition) is 5. The lowest BCUT2D eigenvalue weighted by atomic mass is 9.98. The van der Waals surface area contributed by atoms with E-state index in [1.54, 1.807) is 25.0 Å². The molecule has 1 N–H and O–H groups in total. The van der Waals surface area contributed by atoms with Crippen molar-refractivity contribution in [2.45, 2.75) is 13.5 Å². The van der Waals surface area contributed by atoms with Crippen LogP contribution in [-0.2, 0) is 11.3 Å². The summed E-state index contributed by atoms with van der Waals surface area (Å²) in [5, 5.41) is 6.59. The van der Waals surface area contributed by atoms with Crippen molar-refractivity contribution < 1.29 is 18.8 Å². The summed E-state index contributed by atoms with van der Waals surface area (Å²) in [7, 11) is 1.60. The van der Waals surface area contributed by atoms with Crippen LogP contribution in [-0.4, -0.2) is 42.1 Å². The van der Waals surface area contributed by atoms with Gasteiger partial charge in [-0.05, 0) is 13.0 Å². The zero-order valence-corrected chi connectivity index (χ0v) is 13.6. The summed E-state index contributed by atoms with van der Waals surface area (Å²) in [5.41, 5.74) is 1.19. The van der Waals surface area contributed by atoms with Crippen LogP contribution in [0.15, 0.2) is 34.9 Å². The van der Waals surface area contributed by atoms with Crippen molar-refractivity contribution in [3.05, 3.63) is 47.3 Å². The zero-order valence-electron chi connectivity index (χ0n) is 13.6. The number of aromatic nitrogens is 1. The normalized spacial score (nSPS) is 14.2. The molecule has 1 aromatic carbocycles. The lowest BCUT2D eigenvalue weighted by molar-refractivity contribution is -0.129. The molecule has 2 amide bonds. The van der Waals surface area contributed by atoms with Gasteiger partial charge in [0.2, 0.25) is 5.91 Å². The van der Waals surface area contributed by atoms with Crippen LogP contribution >= 0.6 is 0 Å². The molecule has 1 aliphatic rings. The van der Waals surface area contributed by atoms with Crippen LogP contribution in [0.1, 0.15) is 21.8 Å². The maximum Gasteiger partial charge on any atom is 0.276 e. The maximum absolute atomic E-state index is 12.2. The van der Waals surface area contributed by atoms with Gasteiger partial charge < -0.3 is 19.5 Å². The minimum Gasteiger partial charge on any atom is -0.496 e. The number of rotatable bonds is 5. The molecule has 1 aromatic heterocycles. The van der Waals surface area contributed by atoms with Gasteiger partial charge in [-0.3, -0.25) is 9.59 Å². The SMILES string of the molecule is COc1ccccc1CNC(=O)C1CN(C(=O)c2cc(C)on2)C1. The number of carbonyl (C=O) groups excluding carboxylic acids is 2. The third-order valence-electron chi connectivity index (χ3n) is 4.03. The Morgan fingerprint density at radius 1 is 1.38 bits per heavy atom. The van der Waals surface area contributed by atoms with Crippen LogP contribution in [0.2, 0.25) is 0 Å². The summed E-state index contributed by atoms with van der Waals surface area (Å²) in [4.78, 5) is 25.9. The largest absolute Gasteiger partial charge is 0.496 e. The number of nitrogens with zero attached hydrogens (tertiary/aromatic N) is 2. The van der Waals surface area contributed by atoms with E-state index in [0.29, 0.717) is 25.4 Å². The second-order valence-electron chi connectivity index (χ2n) is 5.76. The summed E-state index contributed by atoms with van der Waals surface area (Å²) >= 11 is 0. The zero-order chi connectivity index (χ0) is 17.1. The monoisotopic (exact) mass is 329 g/mol. The Labute approximate surface area is 139 Å². The highest BCUT2D eigenvalue weighted by molar-refractivity contribution is 5.94. The Hall–Kier alpha value is -2.83. The van der Waals surface area contributed by atoms with E-state index < -0.39 is 0 Å². The van der Waals surface area contributed by atoms with Gasteiger partial charge in [-0.2, -0.15) is 0 Å². The number of benzene rings is 1. The number of amides is 2. The van der Waals surface area contributed by atoms with Gasteiger partial charge in [0.1, 0.15) is 11.5 Å². The summed E-state index contributed by atoms with van der Waals surface area (Å²) in [6.45, 7) is 2.91. The molecule has 1 saturated heterocycles. The van der Waals surface area contributed by atoms with Crippen molar-refractivity contribution in [3.63, 3.8) is 0 Å². The smallest absolute Gasteiger partial charge is 0.276 e.